The molecule has 2 aliphatic heterocycles. The van der Waals surface area contributed by atoms with E-state index < -0.39 is 0 Å². The van der Waals surface area contributed by atoms with Crippen molar-refractivity contribution in [2.75, 3.05) is 18.6 Å². The van der Waals surface area contributed by atoms with Gasteiger partial charge < -0.3 is 9.64 Å². The van der Waals surface area contributed by atoms with Gasteiger partial charge in [-0.15, -0.1) is 0 Å². The first-order valence-electron chi connectivity index (χ1n) is 7.50. The van der Waals surface area contributed by atoms with E-state index in [0.717, 1.165) is 19.4 Å². The van der Waals surface area contributed by atoms with Gasteiger partial charge in [-0.25, -0.2) is 9.69 Å². The molecule has 1 aromatic rings. The monoisotopic (exact) mass is 286 g/mol. The molecule has 5 heteroatoms. The molecule has 0 N–H and O–H groups in total. The normalized spacial score (nSPS) is 30.8. The second-order valence-electron chi connectivity index (χ2n) is 6.08. The molecule has 0 spiro atoms. The van der Waals surface area contributed by atoms with Crippen LogP contribution in [0.3, 0.4) is 0 Å². The molecule has 1 aromatic carbocycles. The summed E-state index contributed by atoms with van der Waals surface area (Å²) in [7, 11) is 1.55. The van der Waals surface area contributed by atoms with Crippen molar-refractivity contribution in [1.82, 2.24) is 4.90 Å². The van der Waals surface area contributed by atoms with Gasteiger partial charge in [0.05, 0.1) is 12.8 Å². The first-order valence-corrected chi connectivity index (χ1v) is 7.50. The SMILES string of the molecule is COc1ccccc1N1C(=O)C2C3CCCC3CN2C1=O. The van der Waals surface area contributed by atoms with Crippen LogP contribution in [0.2, 0.25) is 0 Å². The van der Waals surface area contributed by atoms with Gasteiger partial charge in [-0.05, 0) is 36.8 Å². The van der Waals surface area contributed by atoms with Crippen molar-refractivity contribution in [3.8, 4) is 5.75 Å². The largest absolute Gasteiger partial charge is 0.495 e. The van der Waals surface area contributed by atoms with Crippen molar-refractivity contribution >= 4 is 17.6 Å². The number of para-hydroxylation sites is 2. The van der Waals surface area contributed by atoms with Crippen molar-refractivity contribution in [1.29, 1.82) is 0 Å². The molecule has 2 saturated heterocycles. The quantitative estimate of drug-likeness (QED) is 0.784. The first kappa shape index (κ1) is 12.7. The Bertz CT molecular complexity index is 615. The molecule has 1 saturated carbocycles. The van der Waals surface area contributed by atoms with Gasteiger partial charge in [0.2, 0.25) is 0 Å². The van der Waals surface area contributed by atoms with Crippen LogP contribution in [-0.4, -0.2) is 36.5 Å². The summed E-state index contributed by atoms with van der Waals surface area (Å²) in [4.78, 5) is 28.6. The fourth-order valence-electron chi connectivity index (χ4n) is 4.21. The minimum absolute atomic E-state index is 0.0844. The highest BCUT2D eigenvalue weighted by Gasteiger charge is 2.57. The Balaban J connectivity index is 1.72. The molecule has 2 heterocycles. The summed E-state index contributed by atoms with van der Waals surface area (Å²) in [6.07, 6.45) is 3.38. The zero-order valence-electron chi connectivity index (χ0n) is 12.0. The van der Waals surface area contributed by atoms with Crippen LogP contribution in [0, 0.1) is 11.8 Å². The van der Waals surface area contributed by atoms with Gasteiger partial charge in [0, 0.05) is 6.54 Å². The summed E-state index contributed by atoms with van der Waals surface area (Å²) < 4.78 is 5.30. The number of carbonyl (C=O) groups is 2. The van der Waals surface area contributed by atoms with E-state index in [2.05, 4.69) is 0 Å². The van der Waals surface area contributed by atoms with E-state index >= 15 is 0 Å². The summed E-state index contributed by atoms with van der Waals surface area (Å²) in [5.41, 5.74) is 0.555. The van der Waals surface area contributed by atoms with Crippen LogP contribution >= 0.6 is 0 Å². The van der Waals surface area contributed by atoms with Gasteiger partial charge in [-0.2, -0.15) is 0 Å². The van der Waals surface area contributed by atoms with Gasteiger partial charge >= 0.3 is 6.03 Å². The van der Waals surface area contributed by atoms with Crippen LogP contribution in [0.4, 0.5) is 10.5 Å². The zero-order chi connectivity index (χ0) is 14.6. The Morgan fingerprint density at radius 3 is 2.81 bits per heavy atom. The lowest BCUT2D eigenvalue weighted by molar-refractivity contribution is -0.120. The lowest BCUT2D eigenvalue weighted by Gasteiger charge is -2.19. The van der Waals surface area contributed by atoms with Gasteiger partial charge in [0.1, 0.15) is 11.8 Å². The molecule has 3 atom stereocenters. The number of urea groups is 1. The average molecular weight is 286 g/mol. The molecule has 3 aliphatic rings. The summed E-state index contributed by atoms with van der Waals surface area (Å²) >= 11 is 0. The number of carbonyl (C=O) groups excluding carboxylic acids is 2. The molecule has 21 heavy (non-hydrogen) atoms. The zero-order valence-corrected chi connectivity index (χ0v) is 12.0. The summed E-state index contributed by atoms with van der Waals surface area (Å²) in [5, 5.41) is 0. The van der Waals surface area contributed by atoms with Crippen LogP contribution in [0.15, 0.2) is 24.3 Å². The Labute approximate surface area is 123 Å². The van der Waals surface area contributed by atoms with Crippen LogP contribution < -0.4 is 9.64 Å². The minimum Gasteiger partial charge on any atom is -0.495 e. The molecule has 1 aliphatic carbocycles. The maximum atomic E-state index is 12.8. The molecule has 0 aromatic heterocycles. The van der Waals surface area contributed by atoms with Crippen molar-refractivity contribution < 1.29 is 14.3 Å². The molecule has 4 rings (SSSR count). The maximum absolute atomic E-state index is 12.8. The summed E-state index contributed by atoms with van der Waals surface area (Å²) in [6.45, 7) is 0.728. The number of hydrogen-bond donors (Lipinski definition) is 0. The van der Waals surface area contributed by atoms with E-state index in [0.29, 0.717) is 23.3 Å². The van der Waals surface area contributed by atoms with Crippen LogP contribution in [0.5, 0.6) is 5.75 Å². The fourth-order valence-corrected chi connectivity index (χ4v) is 4.21. The highest BCUT2D eigenvalue weighted by Crippen LogP contribution is 2.47. The Hall–Kier alpha value is -2.04. The Morgan fingerprint density at radius 2 is 2.00 bits per heavy atom. The van der Waals surface area contributed by atoms with Gasteiger partial charge in [-0.1, -0.05) is 18.6 Å². The number of imide groups is 1. The van der Waals surface area contributed by atoms with E-state index in [1.54, 1.807) is 24.1 Å². The predicted molar refractivity (Wildman–Crippen MR) is 77.2 cm³/mol. The number of methoxy groups -OCH3 is 1. The first-order chi connectivity index (χ1) is 10.2. The molecule has 0 bridgehead atoms. The number of ether oxygens (including phenoxy) is 1. The fraction of sp³-hybridized carbons (Fsp3) is 0.500. The number of amides is 3. The van der Waals surface area contributed by atoms with Crippen molar-refractivity contribution in [3.05, 3.63) is 24.3 Å². The maximum Gasteiger partial charge on any atom is 0.332 e. The number of rotatable bonds is 2. The molecule has 110 valence electrons. The topological polar surface area (TPSA) is 49.9 Å². The Kier molecular flexibility index (Phi) is 2.71. The van der Waals surface area contributed by atoms with Crippen LogP contribution in [0.25, 0.3) is 0 Å². The Morgan fingerprint density at radius 1 is 1.19 bits per heavy atom. The highest BCUT2D eigenvalue weighted by molar-refractivity contribution is 6.22. The average Bonchev–Trinajstić information content (AvgIpc) is 3.12. The molecule has 3 amide bonds. The smallest absolute Gasteiger partial charge is 0.332 e. The number of nitrogens with zero attached hydrogens (tertiary/aromatic N) is 2. The number of hydrogen-bond acceptors (Lipinski definition) is 3. The third kappa shape index (κ3) is 1.63. The molecule has 5 nitrogen and oxygen atoms in total. The van der Waals surface area contributed by atoms with E-state index in [9.17, 15) is 9.59 Å². The third-order valence-electron chi connectivity index (χ3n) is 5.13. The second-order valence-corrected chi connectivity index (χ2v) is 6.08. The van der Waals surface area contributed by atoms with Gasteiger partial charge in [0.25, 0.3) is 5.91 Å². The van der Waals surface area contributed by atoms with E-state index in [4.69, 9.17) is 4.74 Å². The molecule has 0 radical (unpaired) electrons. The summed E-state index contributed by atoms with van der Waals surface area (Å²) in [5.74, 6) is 1.34. The number of anilines is 1. The molecule has 3 fully saturated rings. The van der Waals surface area contributed by atoms with E-state index in [1.807, 2.05) is 12.1 Å². The lowest BCUT2D eigenvalue weighted by atomic mass is 9.93. The molecule has 3 unspecified atom stereocenters. The highest BCUT2D eigenvalue weighted by atomic mass is 16.5. The van der Waals surface area contributed by atoms with Gasteiger partial charge in [0.15, 0.2) is 0 Å². The van der Waals surface area contributed by atoms with Crippen molar-refractivity contribution in [3.63, 3.8) is 0 Å². The van der Waals surface area contributed by atoms with Crippen LogP contribution in [0.1, 0.15) is 19.3 Å². The minimum atomic E-state index is -0.255. The third-order valence-corrected chi connectivity index (χ3v) is 5.13. The summed E-state index contributed by atoms with van der Waals surface area (Å²) in [6, 6.07) is 6.75. The van der Waals surface area contributed by atoms with Gasteiger partial charge in [-0.3, -0.25) is 4.79 Å². The molecular formula is C16H18N2O3. The standard InChI is InChI=1S/C16H18N2O3/c1-21-13-8-3-2-7-12(13)18-15(19)14-11-6-4-5-10(11)9-17(14)16(18)20/h2-3,7-8,10-11,14H,4-6,9H2,1H3. The number of fused-ring (bicyclic) bond motifs is 3. The van der Waals surface area contributed by atoms with Crippen molar-refractivity contribution in [2.45, 2.75) is 25.3 Å². The predicted octanol–water partition coefficient (Wildman–Crippen LogP) is 2.26. The molecular weight excluding hydrogens is 268 g/mol. The number of benzene rings is 1. The van der Waals surface area contributed by atoms with Crippen LogP contribution in [-0.2, 0) is 4.79 Å². The lowest BCUT2D eigenvalue weighted by Crippen LogP contribution is -2.35. The van der Waals surface area contributed by atoms with E-state index in [1.165, 1.54) is 11.3 Å². The van der Waals surface area contributed by atoms with Crippen molar-refractivity contribution in [2.24, 2.45) is 11.8 Å². The van der Waals surface area contributed by atoms with E-state index in [-0.39, 0.29) is 18.0 Å². The second kappa shape index (κ2) is 4.48.